The van der Waals surface area contributed by atoms with Crippen molar-refractivity contribution < 1.29 is 19.4 Å². The third-order valence-corrected chi connectivity index (χ3v) is 3.75. The van der Waals surface area contributed by atoms with Gasteiger partial charge in [-0.2, -0.15) is 0 Å². The van der Waals surface area contributed by atoms with Crippen molar-refractivity contribution in [2.75, 3.05) is 12.4 Å². The summed E-state index contributed by atoms with van der Waals surface area (Å²) in [5.74, 6) is -0.809. The molecule has 9 heteroatoms. The van der Waals surface area contributed by atoms with Gasteiger partial charge >= 0.3 is 17.3 Å². The molecule has 0 aromatic heterocycles. The van der Waals surface area contributed by atoms with E-state index in [0.29, 0.717) is 5.69 Å². The molecule has 0 atom stereocenters. The van der Waals surface area contributed by atoms with Gasteiger partial charge in [-0.1, -0.05) is 32.0 Å². The monoisotopic (exact) mass is 359 g/mol. The van der Waals surface area contributed by atoms with Crippen LogP contribution in [-0.4, -0.2) is 22.9 Å². The Hall–Kier alpha value is -3.49. The zero-order chi connectivity index (χ0) is 19.4. The number of nitrogens with one attached hydrogen (secondary N) is 1. The Morgan fingerprint density at radius 3 is 2.08 bits per heavy atom. The largest absolute Gasteiger partial charge is 0.465 e. The van der Waals surface area contributed by atoms with Crippen LogP contribution in [-0.2, 0) is 4.74 Å². The summed E-state index contributed by atoms with van der Waals surface area (Å²) in [7, 11) is 1.09. The van der Waals surface area contributed by atoms with Gasteiger partial charge in [0.25, 0.3) is 0 Å². The third-order valence-electron chi connectivity index (χ3n) is 3.75. The molecule has 2 rings (SSSR count). The fourth-order valence-corrected chi connectivity index (χ4v) is 2.51. The number of rotatable bonds is 6. The summed E-state index contributed by atoms with van der Waals surface area (Å²) in [4.78, 5) is 33.1. The van der Waals surface area contributed by atoms with Crippen molar-refractivity contribution in [2.24, 2.45) is 0 Å². The van der Waals surface area contributed by atoms with Gasteiger partial charge in [-0.15, -0.1) is 0 Å². The van der Waals surface area contributed by atoms with Crippen molar-refractivity contribution in [3.63, 3.8) is 0 Å². The number of hydrogen-bond donors (Lipinski definition) is 1. The molecule has 0 amide bonds. The Bertz CT molecular complexity index is 844. The van der Waals surface area contributed by atoms with E-state index in [4.69, 9.17) is 0 Å². The average Bonchev–Trinajstić information content (AvgIpc) is 2.60. The Morgan fingerprint density at radius 2 is 1.62 bits per heavy atom. The highest BCUT2D eigenvalue weighted by molar-refractivity contribution is 5.94. The van der Waals surface area contributed by atoms with Crippen molar-refractivity contribution in [3.8, 4) is 0 Å². The minimum Gasteiger partial charge on any atom is -0.465 e. The topological polar surface area (TPSA) is 125 Å². The van der Waals surface area contributed by atoms with E-state index in [1.165, 1.54) is 0 Å². The second kappa shape index (κ2) is 7.60. The lowest BCUT2D eigenvalue weighted by atomic mass is 10.0. The smallest absolute Gasteiger partial charge is 0.338 e. The van der Waals surface area contributed by atoms with Crippen LogP contribution in [0.1, 0.15) is 35.7 Å². The number of nitrogens with zero attached hydrogens (tertiary/aromatic N) is 2. The molecule has 0 aliphatic carbocycles. The highest BCUT2D eigenvalue weighted by atomic mass is 16.6. The van der Waals surface area contributed by atoms with Crippen LogP contribution in [0.15, 0.2) is 36.4 Å². The number of anilines is 2. The molecule has 2 aromatic rings. The van der Waals surface area contributed by atoms with Crippen molar-refractivity contribution in [1.82, 2.24) is 0 Å². The number of methoxy groups -OCH3 is 1. The quantitative estimate of drug-likeness (QED) is 0.466. The zero-order valence-electron chi connectivity index (χ0n) is 14.4. The van der Waals surface area contributed by atoms with Gasteiger partial charge in [0.1, 0.15) is 0 Å². The second-order valence-electron chi connectivity index (χ2n) is 5.76. The van der Waals surface area contributed by atoms with Crippen LogP contribution in [0, 0.1) is 20.2 Å². The third kappa shape index (κ3) is 3.77. The van der Waals surface area contributed by atoms with E-state index in [2.05, 4.69) is 10.1 Å². The second-order valence-corrected chi connectivity index (χ2v) is 5.76. The normalized spacial score (nSPS) is 10.5. The SMILES string of the molecule is COC(=O)c1cc([N+](=O)[O-])c(Nc2ccccc2C(C)C)c([N+](=O)[O-])c1. The minimum absolute atomic E-state index is 0.0890. The van der Waals surface area contributed by atoms with Gasteiger partial charge in [-0.25, -0.2) is 4.79 Å². The van der Waals surface area contributed by atoms with Crippen LogP contribution < -0.4 is 5.32 Å². The van der Waals surface area contributed by atoms with Gasteiger partial charge in [-0.3, -0.25) is 20.2 Å². The molecule has 0 spiro atoms. The first-order valence-corrected chi connectivity index (χ1v) is 7.67. The summed E-state index contributed by atoms with van der Waals surface area (Å²) in [5.41, 5.74) is -0.377. The summed E-state index contributed by atoms with van der Waals surface area (Å²) < 4.78 is 4.51. The van der Waals surface area contributed by atoms with Crippen LogP contribution in [0.25, 0.3) is 0 Å². The van der Waals surface area contributed by atoms with E-state index in [9.17, 15) is 25.0 Å². The maximum Gasteiger partial charge on any atom is 0.338 e. The maximum atomic E-state index is 11.7. The summed E-state index contributed by atoms with van der Waals surface area (Å²) in [5, 5.41) is 25.7. The standard InChI is InChI=1S/C17H17N3O6/c1-10(2)12-6-4-5-7-13(12)18-16-14(19(22)23)8-11(17(21)26-3)9-15(16)20(24)25/h4-10,18H,1-3H3. The number of carbonyl (C=O) groups excluding carboxylic acids is 1. The summed E-state index contributed by atoms with van der Waals surface area (Å²) in [6.07, 6.45) is 0. The first-order valence-electron chi connectivity index (χ1n) is 7.67. The van der Waals surface area contributed by atoms with Crippen molar-refractivity contribution in [3.05, 3.63) is 67.8 Å². The molecular formula is C17H17N3O6. The summed E-state index contributed by atoms with van der Waals surface area (Å²) in [6.45, 7) is 3.87. The molecule has 0 fully saturated rings. The van der Waals surface area contributed by atoms with Crippen LogP contribution in [0.3, 0.4) is 0 Å². The Balaban J connectivity index is 2.69. The molecule has 0 aliphatic rings. The van der Waals surface area contributed by atoms with Crippen LogP contribution in [0.2, 0.25) is 0 Å². The lowest BCUT2D eigenvalue weighted by Gasteiger charge is -2.15. The number of para-hydroxylation sites is 1. The molecule has 1 N–H and O–H groups in total. The van der Waals surface area contributed by atoms with E-state index in [1.807, 2.05) is 26.0 Å². The molecule has 0 bridgehead atoms. The predicted molar refractivity (Wildman–Crippen MR) is 94.9 cm³/mol. The maximum absolute atomic E-state index is 11.7. The lowest BCUT2D eigenvalue weighted by Crippen LogP contribution is -2.08. The van der Waals surface area contributed by atoms with Gasteiger partial charge in [0.05, 0.1) is 22.5 Å². The van der Waals surface area contributed by atoms with Gasteiger partial charge < -0.3 is 10.1 Å². The predicted octanol–water partition coefficient (Wildman–Crippen LogP) is 4.16. The number of nitro benzene ring substituents is 2. The lowest BCUT2D eigenvalue weighted by molar-refractivity contribution is -0.392. The van der Waals surface area contributed by atoms with E-state index in [1.54, 1.807) is 12.1 Å². The summed E-state index contributed by atoms with van der Waals surface area (Å²) >= 11 is 0. The molecule has 0 aliphatic heterocycles. The zero-order valence-corrected chi connectivity index (χ0v) is 14.4. The Morgan fingerprint density at radius 1 is 1.08 bits per heavy atom. The van der Waals surface area contributed by atoms with Crippen LogP contribution in [0.5, 0.6) is 0 Å². The molecule has 2 aromatic carbocycles. The highest BCUT2D eigenvalue weighted by Gasteiger charge is 2.29. The first kappa shape index (κ1) is 18.8. The molecule has 136 valence electrons. The Kier molecular flexibility index (Phi) is 5.51. The van der Waals surface area contributed by atoms with E-state index >= 15 is 0 Å². The number of benzene rings is 2. The molecule has 0 unspecified atom stereocenters. The molecule has 9 nitrogen and oxygen atoms in total. The number of ether oxygens (including phenoxy) is 1. The number of hydrogen-bond acceptors (Lipinski definition) is 7. The molecular weight excluding hydrogens is 342 g/mol. The number of esters is 1. The van der Waals surface area contributed by atoms with Crippen molar-refractivity contribution >= 4 is 28.7 Å². The number of carbonyl (C=O) groups is 1. The van der Waals surface area contributed by atoms with Crippen molar-refractivity contribution in [1.29, 1.82) is 0 Å². The fourth-order valence-electron chi connectivity index (χ4n) is 2.51. The van der Waals surface area contributed by atoms with Gasteiger partial charge in [0, 0.05) is 17.8 Å². The fraction of sp³-hybridized carbons (Fsp3) is 0.235. The van der Waals surface area contributed by atoms with Crippen LogP contribution in [0.4, 0.5) is 22.7 Å². The van der Waals surface area contributed by atoms with Gasteiger partial charge in [0.2, 0.25) is 0 Å². The highest BCUT2D eigenvalue weighted by Crippen LogP contribution is 2.39. The van der Waals surface area contributed by atoms with Crippen LogP contribution >= 0.6 is 0 Å². The molecule has 0 saturated heterocycles. The first-order chi connectivity index (χ1) is 12.3. The molecule has 0 saturated carbocycles. The number of nitro groups is 2. The molecule has 0 heterocycles. The molecule has 0 radical (unpaired) electrons. The average molecular weight is 359 g/mol. The van der Waals surface area contributed by atoms with Gasteiger partial charge in [-0.05, 0) is 17.5 Å². The van der Waals surface area contributed by atoms with E-state index < -0.39 is 27.2 Å². The van der Waals surface area contributed by atoms with Gasteiger partial charge in [0.15, 0.2) is 5.69 Å². The molecule has 26 heavy (non-hydrogen) atoms. The van der Waals surface area contributed by atoms with Crippen molar-refractivity contribution in [2.45, 2.75) is 19.8 Å². The summed E-state index contributed by atoms with van der Waals surface area (Å²) in [6, 6.07) is 8.95. The van der Waals surface area contributed by atoms with E-state index in [-0.39, 0.29) is 17.2 Å². The van der Waals surface area contributed by atoms with E-state index in [0.717, 1.165) is 24.8 Å². The minimum atomic E-state index is -0.898. The Labute approximate surface area is 148 Å².